The van der Waals surface area contributed by atoms with E-state index in [1.54, 1.807) is 36.4 Å². The van der Waals surface area contributed by atoms with Crippen molar-refractivity contribution < 1.29 is 19.1 Å². The molecule has 0 fully saturated rings. The van der Waals surface area contributed by atoms with Crippen molar-refractivity contribution in [1.29, 1.82) is 0 Å². The second-order valence-corrected chi connectivity index (χ2v) is 5.68. The summed E-state index contributed by atoms with van der Waals surface area (Å²) in [5, 5.41) is 8.19. The van der Waals surface area contributed by atoms with Crippen LogP contribution in [0.25, 0.3) is 0 Å². The number of amides is 3. The molecule has 0 saturated heterocycles. The monoisotopic (exact) mass is 375 g/mol. The molecule has 0 aliphatic rings. The molecule has 0 unspecified atom stereocenters. The normalized spacial score (nSPS) is 9.86. The van der Waals surface area contributed by atoms with Crippen molar-refractivity contribution in [2.75, 3.05) is 16.0 Å². The predicted octanol–water partition coefficient (Wildman–Crippen LogP) is 4.12. The van der Waals surface area contributed by atoms with Gasteiger partial charge in [-0.1, -0.05) is 30.3 Å². The molecule has 0 aliphatic carbocycles. The van der Waals surface area contributed by atoms with Crippen LogP contribution in [-0.2, 0) is 4.79 Å². The summed E-state index contributed by atoms with van der Waals surface area (Å²) in [6.45, 7) is 0.317. The third-order valence-corrected chi connectivity index (χ3v) is 3.76. The maximum atomic E-state index is 12.5. The molecule has 3 aromatic carbocycles. The predicted molar refractivity (Wildman–Crippen MR) is 107 cm³/mol. The number of benzene rings is 3. The number of hydrogen-bond acceptors (Lipinski definition) is 4. The second kappa shape index (κ2) is 9.00. The molecular weight excluding hydrogens is 358 g/mol. The topological polar surface area (TPSA) is 96.5 Å². The van der Waals surface area contributed by atoms with Crippen LogP contribution in [-0.4, -0.2) is 18.4 Å². The highest BCUT2D eigenvalue weighted by Gasteiger charge is 2.11. The Labute approximate surface area is 161 Å². The average Bonchev–Trinajstić information content (AvgIpc) is 2.71. The Morgan fingerprint density at radius 1 is 0.714 bits per heavy atom. The molecular formula is C21H17N3O4. The Bertz CT molecular complexity index is 972. The third-order valence-electron chi connectivity index (χ3n) is 3.76. The van der Waals surface area contributed by atoms with E-state index in [2.05, 4.69) is 16.0 Å². The fraction of sp³-hybridized carbons (Fsp3) is 0. The lowest BCUT2D eigenvalue weighted by atomic mass is 10.2. The van der Waals surface area contributed by atoms with E-state index in [1.165, 1.54) is 24.3 Å². The minimum Gasteiger partial charge on any atom is -0.429 e. The fourth-order valence-electron chi connectivity index (χ4n) is 2.44. The molecule has 0 radical (unpaired) electrons. The van der Waals surface area contributed by atoms with E-state index in [1.807, 2.05) is 18.2 Å². The standard InChI is InChI=1S/C21H17N3O4/c25-14-28-17-12-10-15(11-13-17)20(26)23-18-8-4-5-9-19(18)24-21(27)22-16-6-2-1-3-7-16/h1-14H,(H,23,26)(H2,22,24,27). The minimum atomic E-state index is -0.428. The molecule has 3 aromatic rings. The summed E-state index contributed by atoms with van der Waals surface area (Å²) < 4.78 is 4.70. The average molecular weight is 375 g/mol. The highest BCUT2D eigenvalue weighted by Crippen LogP contribution is 2.22. The number of para-hydroxylation sites is 3. The molecule has 3 amide bonds. The largest absolute Gasteiger partial charge is 0.429 e. The lowest BCUT2D eigenvalue weighted by molar-refractivity contribution is -0.120. The summed E-state index contributed by atoms with van der Waals surface area (Å²) >= 11 is 0. The van der Waals surface area contributed by atoms with Gasteiger partial charge in [0.2, 0.25) is 0 Å². The highest BCUT2D eigenvalue weighted by atomic mass is 16.5. The van der Waals surface area contributed by atoms with E-state index >= 15 is 0 Å². The zero-order chi connectivity index (χ0) is 19.8. The van der Waals surface area contributed by atoms with Crippen LogP contribution in [0.3, 0.4) is 0 Å². The summed E-state index contributed by atoms with van der Waals surface area (Å²) in [5.74, 6) is -0.0263. The van der Waals surface area contributed by atoms with Gasteiger partial charge in [0.15, 0.2) is 0 Å². The van der Waals surface area contributed by atoms with Crippen molar-refractivity contribution in [3.8, 4) is 5.75 Å². The van der Waals surface area contributed by atoms with Crippen LogP contribution in [0, 0.1) is 0 Å². The van der Waals surface area contributed by atoms with Crippen molar-refractivity contribution in [3.63, 3.8) is 0 Å². The van der Waals surface area contributed by atoms with Crippen molar-refractivity contribution in [2.24, 2.45) is 0 Å². The van der Waals surface area contributed by atoms with Crippen molar-refractivity contribution in [2.45, 2.75) is 0 Å². The number of rotatable bonds is 6. The number of carbonyl (C=O) groups is 3. The maximum Gasteiger partial charge on any atom is 0.323 e. The molecule has 0 bridgehead atoms. The molecule has 3 N–H and O–H groups in total. The quantitative estimate of drug-likeness (QED) is 0.565. The van der Waals surface area contributed by atoms with Crippen LogP contribution in [0.2, 0.25) is 0 Å². The van der Waals surface area contributed by atoms with Gasteiger partial charge in [0.05, 0.1) is 11.4 Å². The van der Waals surface area contributed by atoms with Crippen LogP contribution in [0.1, 0.15) is 10.4 Å². The van der Waals surface area contributed by atoms with Crippen molar-refractivity contribution >= 4 is 35.5 Å². The van der Waals surface area contributed by atoms with Gasteiger partial charge in [0, 0.05) is 11.3 Å². The molecule has 7 nitrogen and oxygen atoms in total. The van der Waals surface area contributed by atoms with E-state index in [-0.39, 0.29) is 5.91 Å². The smallest absolute Gasteiger partial charge is 0.323 e. The van der Waals surface area contributed by atoms with Crippen LogP contribution in [0.15, 0.2) is 78.9 Å². The number of hydrogen-bond donors (Lipinski definition) is 3. The number of nitrogens with one attached hydrogen (secondary N) is 3. The summed E-state index contributed by atoms with van der Waals surface area (Å²) in [6, 6.07) is 21.5. The van der Waals surface area contributed by atoms with Crippen molar-refractivity contribution in [3.05, 3.63) is 84.4 Å². The van der Waals surface area contributed by atoms with E-state index in [0.717, 1.165) is 0 Å². The molecule has 0 atom stereocenters. The van der Waals surface area contributed by atoms with E-state index < -0.39 is 6.03 Å². The summed E-state index contributed by atoms with van der Waals surface area (Å²) in [6.07, 6.45) is 0. The van der Waals surface area contributed by atoms with Gasteiger partial charge in [-0.25, -0.2) is 4.79 Å². The molecule has 0 aliphatic heterocycles. The fourth-order valence-corrected chi connectivity index (χ4v) is 2.44. The lowest BCUT2D eigenvalue weighted by Crippen LogP contribution is -2.21. The lowest BCUT2D eigenvalue weighted by Gasteiger charge is -2.13. The zero-order valence-corrected chi connectivity index (χ0v) is 14.7. The van der Waals surface area contributed by atoms with Crippen LogP contribution in [0.4, 0.5) is 21.9 Å². The Morgan fingerprint density at radius 3 is 1.96 bits per heavy atom. The number of ether oxygens (including phenoxy) is 1. The molecule has 0 spiro atoms. The van der Waals surface area contributed by atoms with Gasteiger partial charge in [-0.3, -0.25) is 9.59 Å². The molecule has 3 rings (SSSR count). The second-order valence-electron chi connectivity index (χ2n) is 5.68. The molecule has 0 saturated carbocycles. The third kappa shape index (κ3) is 4.95. The Morgan fingerprint density at radius 2 is 1.32 bits per heavy atom. The van der Waals surface area contributed by atoms with Crippen LogP contribution >= 0.6 is 0 Å². The Hall–Kier alpha value is -4.13. The summed E-state index contributed by atoms with van der Waals surface area (Å²) in [4.78, 5) is 35.0. The molecule has 28 heavy (non-hydrogen) atoms. The number of carbonyl (C=O) groups excluding carboxylic acids is 3. The van der Waals surface area contributed by atoms with Crippen molar-refractivity contribution in [1.82, 2.24) is 0 Å². The highest BCUT2D eigenvalue weighted by molar-refractivity contribution is 6.08. The maximum absolute atomic E-state index is 12.5. The minimum absolute atomic E-state index is 0.317. The van der Waals surface area contributed by atoms with Gasteiger partial charge in [0.1, 0.15) is 5.75 Å². The van der Waals surface area contributed by atoms with E-state index in [4.69, 9.17) is 4.74 Å². The van der Waals surface area contributed by atoms with Crippen LogP contribution in [0.5, 0.6) is 5.75 Å². The van der Waals surface area contributed by atoms with Gasteiger partial charge in [0.25, 0.3) is 12.4 Å². The number of urea groups is 1. The Balaban J connectivity index is 1.68. The molecule has 0 heterocycles. The van der Waals surface area contributed by atoms with Gasteiger partial charge in [-0.05, 0) is 48.5 Å². The zero-order valence-electron chi connectivity index (χ0n) is 14.7. The molecule has 0 aromatic heterocycles. The number of anilines is 3. The molecule has 7 heteroatoms. The molecule has 140 valence electrons. The van der Waals surface area contributed by atoms with Gasteiger partial charge >= 0.3 is 6.03 Å². The van der Waals surface area contributed by atoms with Gasteiger partial charge < -0.3 is 20.7 Å². The van der Waals surface area contributed by atoms with E-state index in [0.29, 0.717) is 34.8 Å². The van der Waals surface area contributed by atoms with Gasteiger partial charge in [-0.2, -0.15) is 0 Å². The van der Waals surface area contributed by atoms with Crippen LogP contribution < -0.4 is 20.7 Å². The first-order valence-corrected chi connectivity index (χ1v) is 8.39. The first kappa shape index (κ1) is 18.7. The summed E-state index contributed by atoms with van der Waals surface area (Å²) in [7, 11) is 0. The first-order chi connectivity index (χ1) is 13.7. The first-order valence-electron chi connectivity index (χ1n) is 8.39. The van der Waals surface area contributed by atoms with E-state index in [9.17, 15) is 14.4 Å². The Kier molecular flexibility index (Phi) is 5.99. The summed E-state index contributed by atoms with van der Waals surface area (Å²) in [5.41, 5.74) is 1.93. The van der Waals surface area contributed by atoms with Gasteiger partial charge in [-0.15, -0.1) is 0 Å². The SMILES string of the molecule is O=COc1ccc(C(=O)Nc2ccccc2NC(=O)Nc2ccccc2)cc1.